The van der Waals surface area contributed by atoms with Gasteiger partial charge in [-0.25, -0.2) is 9.97 Å². The topological polar surface area (TPSA) is 38.7 Å². The summed E-state index contributed by atoms with van der Waals surface area (Å²) >= 11 is 0. The van der Waals surface area contributed by atoms with Crippen LogP contribution in [-0.4, -0.2) is 15.0 Å². The lowest BCUT2D eigenvalue weighted by atomic mass is 9.88. The van der Waals surface area contributed by atoms with Crippen LogP contribution in [-0.2, 0) is 0 Å². The Morgan fingerprint density at radius 2 is 0.891 bits per heavy atom. The van der Waals surface area contributed by atoms with Crippen molar-refractivity contribution in [2.24, 2.45) is 0 Å². The first-order valence-electron chi connectivity index (χ1n) is 15.5. The van der Waals surface area contributed by atoms with Crippen LogP contribution in [0.2, 0.25) is 0 Å². The van der Waals surface area contributed by atoms with E-state index < -0.39 is 0 Å². The van der Waals surface area contributed by atoms with E-state index in [1.54, 1.807) is 6.20 Å². The molecule has 9 aromatic rings. The standard InChI is InChI=1S/C43H27N3/c1-2-13-28(14-3-1)40-26-41(46-43(45-40)37-23-11-4-16-30(37)29-15-12-24-44-27-29)38-25-39-33-19-6-5-17-31(33)32-18-7-9-21-35(32)42(39)36-22-10-8-20-34(36)38/h1-27H. The molecule has 0 aliphatic heterocycles. The predicted molar refractivity (Wildman–Crippen MR) is 192 cm³/mol. The molecule has 2 heterocycles. The Bertz CT molecular complexity index is 2570. The Morgan fingerprint density at radius 3 is 1.61 bits per heavy atom. The van der Waals surface area contributed by atoms with Gasteiger partial charge in [0.15, 0.2) is 5.82 Å². The van der Waals surface area contributed by atoms with Crippen LogP contribution in [0.4, 0.5) is 0 Å². The quantitative estimate of drug-likeness (QED) is 0.193. The molecule has 2 aromatic heterocycles. The van der Waals surface area contributed by atoms with Crippen molar-refractivity contribution < 1.29 is 0 Å². The number of hydrogen-bond donors (Lipinski definition) is 0. The second kappa shape index (κ2) is 10.8. The van der Waals surface area contributed by atoms with E-state index in [9.17, 15) is 0 Å². The first-order chi connectivity index (χ1) is 22.8. The fourth-order valence-corrected chi connectivity index (χ4v) is 6.89. The van der Waals surface area contributed by atoms with Crippen LogP contribution in [0.1, 0.15) is 0 Å². The van der Waals surface area contributed by atoms with Crippen molar-refractivity contribution in [1.82, 2.24) is 15.0 Å². The molecule has 0 saturated carbocycles. The summed E-state index contributed by atoms with van der Waals surface area (Å²) in [5.41, 5.74) is 6.96. The largest absolute Gasteiger partial charge is 0.264 e. The smallest absolute Gasteiger partial charge is 0.161 e. The second-order valence-corrected chi connectivity index (χ2v) is 11.6. The van der Waals surface area contributed by atoms with Crippen LogP contribution in [0.3, 0.4) is 0 Å². The SMILES string of the molecule is c1ccc(-c2cc(-c3cc4c5ccccc5c5ccccc5c4c4ccccc34)nc(-c3ccccc3-c3cccnc3)n2)cc1. The molecule has 0 aliphatic carbocycles. The van der Waals surface area contributed by atoms with Gasteiger partial charge in [-0.3, -0.25) is 4.98 Å². The summed E-state index contributed by atoms with van der Waals surface area (Å²) in [6, 6.07) is 53.5. The third kappa shape index (κ3) is 4.25. The maximum Gasteiger partial charge on any atom is 0.161 e. The highest BCUT2D eigenvalue weighted by Crippen LogP contribution is 2.43. The third-order valence-corrected chi connectivity index (χ3v) is 8.96. The van der Waals surface area contributed by atoms with Gasteiger partial charge in [-0.05, 0) is 66.9 Å². The zero-order valence-corrected chi connectivity index (χ0v) is 24.9. The molecule has 3 heteroatoms. The van der Waals surface area contributed by atoms with E-state index in [2.05, 4.69) is 145 Å². The van der Waals surface area contributed by atoms with Gasteiger partial charge in [0.25, 0.3) is 0 Å². The van der Waals surface area contributed by atoms with E-state index in [-0.39, 0.29) is 0 Å². The molecule has 0 unspecified atom stereocenters. The molecule has 0 amide bonds. The van der Waals surface area contributed by atoms with Gasteiger partial charge < -0.3 is 0 Å². The molecule has 0 atom stereocenters. The monoisotopic (exact) mass is 585 g/mol. The van der Waals surface area contributed by atoms with Gasteiger partial charge in [0, 0.05) is 34.6 Å². The van der Waals surface area contributed by atoms with Crippen molar-refractivity contribution in [3.8, 4) is 45.0 Å². The molecule has 7 aromatic carbocycles. The third-order valence-electron chi connectivity index (χ3n) is 8.96. The van der Waals surface area contributed by atoms with E-state index in [0.717, 1.165) is 39.2 Å². The van der Waals surface area contributed by atoms with E-state index in [0.29, 0.717) is 5.82 Å². The van der Waals surface area contributed by atoms with Crippen LogP contribution in [0.15, 0.2) is 164 Å². The summed E-state index contributed by atoms with van der Waals surface area (Å²) in [5.74, 6) is 0.684. The summed E-state index contributed by atoms with van der Waals surface area (Å²) in [5, 5.41) is 9.90. The number of fused-ring (bicyclic) bond motifs is 8. The predicted octanol–water partition coefficient (Wildman–Crippen LogP) is 11.2. The van der Waals surface area contributed by atoms with Crippen LogP contribution >= 0.6 is 0 Å². The fraction of sp³-hybridized carbons (Fsp3) is 0. The van der Waals surface area contributed by atoms with Crippen molar-refractivity contribution >= 4 is 43.1 Å². The summed E-state index contributed by atoms with van der Waals surface area (Å²) in [7, 11) is 0. The minimum atomic E-state index is 0.684. The number of aromatic nitrogens is 3. The molecule has 46 heavy (non-hydrogen) atoms. The molecular formula is C43H27N3. The maximum absolute atomic E-state index is 5.35. The summed E-state index contributed by atoms with van der Waals surface area (Å²) < 4.78 is 0. The van der Waals surface area contributed by atoms with Crippen LogP contribution < -0.4 is 0 Å². The van der Waals surface area contributed by atoms with Crippen molar-refractivity contribution in [2.45, 2.75) is 0 Å². The average Bonchev–Trinajstić information content (AvgIpc) is 3.15. The molecule has 0 aliphatic rings. The average molecular weight is 586 g/mol. The Balaban J connectivity index is 1.39. The molecule has 0 N–H and O–H groups in total. The highest BCUT2D eigenvalue weighted by atomic mass is 14.9. The van der Waals surface area contributed by atoms with E-state index in [1.807, 2.05) is 18.3 Å². The number of rotatable bonds is 4. The fourth-order valence-electron chi connectivity index (χ4n) is 6.89. The molecule has 0 spiro atoms. The van der Waals surface area contributed by atoms with Gasteiger partial charge in [0.1, 0.15) is 0 Å². The zero-order valence-electron chi connectivity index (χ0n) is 24.9. The van der Waals surface area contributed by atoms with Crippen LogP contribution in [0, 0.1) is 0 Å². The minimum Gasteiger partial charge on any atom is -0.264 e. The normalized spacial score (nSPS) is 11.5. The van der Waals surface area contributed by atoms with Gasteiger partial charge in [-0.15, -0.1) is 0 Å². The molecule has 0 saturated heterocycles. The van der Waals surface area contributed by atoms with Crippen molar-refractivity contribution in [3.63, 3.8) is 0 Å². The second-order valence-electron chi connectivity index (χ2n) is 11.6. The van der Waals surface area contributed by atoms with E-state index >= 15 is 0 Å². The summed E-state index contributed by atoms with van der Waals surface area (Å²) in [4.78, 5) is 14.9. The Morgan fingerprint density at radius 1 is 0.348 bits per heavy atom. The van der Waals surface area contributed by atoms with E-state index in [4.69, 9.17) is 9.97 Å². The molecule has 214 valence electrons. The summed E-state index contributed by atoms with van der Waals surface area (Å²) in [6.07, 6.45) is 3.70. The van der Waals surface area contributed by atoms with Gasteiger partial charge >= 0.3 is 0 Å². The highest BCUT2D eigenvalue weighted by Gasteiger charge is 2.18. The van der Waals surface area contributed by atoms with Gasteiger partial charge in [-0.1, -0.05) is 133 Å². The molecule has 9 rings (SSSR count). The maximum atomic E-state index is 5.35. The first-order valence-corrected chi connectivity index (χ1v) is 15.5. The van der Waals surface area contributed by atoms with E-state index in [1.165, 1.54) is 43.1 Å². The zero-order chi connectivity index (χ0) is 30.5. The number of nitrogens with zero attached hydrogens (tertiary/aromatic N) is 3. The number of benzene rings is 7. The molecule has 0 bridgehead atoms. The van der Waals surface area contributed by atoms with Crippen molar-refractivity contribution in [3.05, 3.63) is 164 Å². The lowest BCUT2D eigenvalue weighted by Crippen LogP contribution is -1.98. The van der Waals surface area contributed by atoms with Gasteiger partial charge in [0.05, 0.1) is 11.4 Å². The lowest BCUT2D eigenvalue weighted by molar-refractivity contribution is 1.18. The Hall–Kier alpha value is -6.19. The molecule has 0 fully saturated rings. The Kier molecular flexibility index (Phi) is 6.14. The van der Waals surface area contributed by atoms with Crippen LogP contribution in [0.5, 0.6) is 0 Å². The Labute approximate surface area is 266 Å². The molecule has 0 radical (unpaired) electrons. The summed E-state index contributed by atoms with van der Waals surface area (Å²) in [6.45, 7) is 0. The highest BCUT2D eigenvalue weighted by molar-refractivity contribution is 6.32. The van der Waals surface area contributed by atoms with Gasteiger partial charge in [-0.2, -0.15) is 0 Å². The van der Waals surface area contributed by atoms with Crippen LogP contribution in [0.25, 0.3) is 88.1 Å². The van der Waals surface area contributed by atoms with Crippen molar-refractivity contribution in [2.75, 3.05) is 0 Å². The minimum absolute atomic E-state index is 0.684. The van der Waals surface area contributed by atoms with Crippen molar-refractivity contribution in [1.29, 1.82) is 0 Å². The number of hydrogen-bond acceptors (Lipinski definition) is 3. The van der Waals surface area contributed by atoms with Gasteiger partial charge in [0.2, 0.25) is 0 Å². The lowest BCUT2D eigenvalue weighted by Gasteiger charge is -2.17. The molecular weight excluding hydrogens is 558 g/mol. The molecule has 3 nitrogen and oxygen atoms in total. The number of pyridine rings is 1. The first kappa shape index (κ1) is 26.2.